The van der Waals surface area contributed by atoms with Crippen LogP contribution in [0.1, 0.15) is 61.5 Å². The maximum absolute atomic E-state index is 12.3. The van der Waals surface area contributed by atoms with Crippen LogP contribution in [0.25, 0.3) is 6.08 Å². The summed E-state index contributed by atoms with van der Waals surface area (Å²) in [7, 11) is 1.56. The van der Waals surface area contributed by atoms with Crippen LogP contribution in [-0.4, -0.2) is 34.8 Å². The molecule has 2 aliphatic rings. The van der Waals surface area contributed by atoms with Crippen LogP contribution in [0.4, 0.5) is 0 Å². The molecule has 0 radical (unpaired) electrons. The average molecular weight is 330 g/mol. The van der Waals surface area contributed by atoms with Gasteiger partial charge in [0, 0.05) is 18.6 Å². The van der Waals surface area contributed by atoms with Gasteiger partial charge in [0.25, 0.3) is 0 Å². The van der Waals surface area contributed by atoms with Gasteiger partial charge in [0.15, 0.2) is 5.78 Å². The highest BCUT2D eigenvalue weighted by atomic mass is 16.5. The van der Waals surface area contributed by atoms with Crippen molar-refractivity contribution in [1.29, 1.82) is 0 Å². The third kappa shape index (κ3) is 3.66. The Morgan fingerprint density at radius 3 is 2.79 bits per heavy atom. The lowest BCUT2D eigenvalue weighted by Crippen LogP contribution is -2.22. The zero-order chi connectivity index (χ0) is 17.2. The van der Waals surface area contributed by atoms with Crippen molar-refractivity contribution in [3.8, 4) is 5.88 Å². The molecule has 1 N–H and O–H groups in total. The lowest BCUT2D eigenvalue weighted by molar-refractivity contribution is 0.0927. The Labute approximate surface area is 143 Å². The number of ether oxygens (including phenoxy) is 1. The second-order valence-corrected chi connectivity index (χ2v) is 7.31. The number of allylic oxidation sites excluding steroid dienone is 1. The molecular formula is C19H26N2O3. The molecule has 0 aromatic carbocycles. The van der Waals surface area contributed by atoms with Crippen LogP contribution in [0.5, 0.6) is 5.88 Å². The summed E-state index contributed by atoms with van der Waals surface area (Å²) < 4.78 is 5.26. The number of aromatic nitrogens is 2. The van der Waals surface area contributed by atoms with Crippen LogP contribution in [0, 0.1) is 17.3 Å². The van der Waals surface area contributed by atoms with Crippen LogP contribution in [0.15, 0.2) is 12.1 Å². The number of aliphatic hydroxyl groups is 1. The smallest absolute Gasteiger partial charge is 0.240 e. The summed E-state index contributed by atoms with van der Waals surface area (Å²) in [6.07, 6.45) is 10.6. The summed E-state index contributed by atoms with van der Waals surface area (Å²) in [5.41, 5.74) is 1.81. The van der Waals surface area contributed by atoms with Crippen LogP contribution >= 0.6 is 0 Å². The number of carbonyl (C=O) groups excluding carboxylic acids is 1. The second kappa shape index (κ2) is 7.01. The van der Waals surface area contributed by atoms with E-state index in [0.717, 1.165) is 12.0 Å². The van der Waals surface area contributed by atoms with Crippen molar-refractivity contribution < 1.29 is 14.6 Å². The van der Waals surface area contributed by atoms with E-state index >= 15 is 0 Å². The predicted molar refractivity (Wildman–Crippen MR) is 91.8 cm³/mol. The normalized spacial score (nSPS) is 20.1. The fraction of sp³-hybridized carbons (Fsp3) is 0.632. The van der Waals surface area contributed by atoms with Gasteiger partial charge in [-0.25, -0.2) is 0 Å². The first kappa shape index (κ1) is 17.1. The SMILES string of the molecule is CCC(CO)CC(=O)c1cc(/C=C/C2CC3(CC3)C2)c(OC)nn1. The van der Waals surface area contributed by atoms with Gasteiger partial charge in [-0.05, 0) is 49.0 Å². The molecule has 5 nitrogen and oxygen atoms in total. The fourth-order valence-corrected chi connectivity index (χ4v) is 3.53. The Kier molecular flexibility index (Phi) is 4.99. The van der Waals surface area contributed by atoms with E-state index in [2.05, 4.69) is 16.3 Å². The number of ketones is 1. The van der Waals surface area contributed by atoms with Crippen molar-refractivity contribution in [1.82, 2.24) is 10.2 Å². The lowest BCUT2D eigenvalue weighted by Gasteiger charge is -2.33. The zero-order valence-corrected chi connectivity index (χ0v) is 14.5. The number of nitrogens with zero attached hydrogens (tertiary/aromatic N) is 2. The van der Waals surface area contributed by atoms with Crippen molar-refractivity contribution in [3.05, 3.63) is 23.4 Å². The molecule has 0 aliphatic heterocycles. The minimum atomic E-state index is -0.0821. The molecule has 3 rings (SSSR count). The molecule has 2 aliphatic carbocycles. The largest absolute Gasteiger partial charge is 0.479 e. The number of hydrogen-bond donors (Lipinski definition) is 1. The number of carbonyl (C=O) groups is 1. The van der Waals surface area contributed by atoms with Gasteiger partial charge in [0.1, 0.15) is 5.69 Å². The summed E-state index contributed by atoms with van der Waals surface area (Å²) in [4.78, 5) is 12.3. The van der Waals surface area contributed by atoms with Gasteiger partial charge in [-0.2, -0.15) is 0 Å². The Bertz CT molecular complexity index is 625. The fourth-order valence-electron chi connectivity index (χ4n) is 3.53. The van der Waals surface area contributed by atoms with Crippen molar-refractivity contribution in [3.63, 3.8) is 0 Å². The second-order valence-electron chi connectivity index (χ2n) is 7.31. The van der Waals surface area contributed by atoms with Gasteiger partial charge in [-0.1, -0.05) is 25.5 Å². The number of aliphatic hydroxyl groups excluding tert-OH is 1. The van der Waals surface area contributed by atoms with E-state index in [0.29, 0.717) is 29.3 Å². The van der Waals surface area contributed by atoms with Gasteiger partial charge in [-0.3, -0.25) is 4.79 Å². The van der Waals surface area contributed by atoms with E-state index in [4.69, 9.17) is 4.74 Å². The Hall–Kier alpha value is -1.75. The van der Waals surface area contributed by atoms with E-state index in [9.17, 15) is 9.90 Å². The summed E-state index contributed by atoms with van der Waals surface area (Å²) in [5, 5.41) is 17.3. The zero-order valence-electron chi connectivity index (χ0n) is 14.5. The Morgan fingerprint density at radius 1 is 1.46 bits per heavy atom. The molecule has 1 heterocycles. The minimum Gasteiger partial charge on any atom is -0.479 e. The maximum Gasteiger partial charge on any atom is 0.240 e. The maximum atomic E-state index is 12.3. The molecule has 2 saturated carbocycles. The number of hydrogen-bond acceptors (Lipinski definition) is 5. The minimum absolute atomic E-state index is 0.0159. The Balaban J connectivity index is 1.70. The van der Waals surface area contributed by atoms with Gasteiger partial charge in [0.05, 0.1) is 7.11 Å². The van der Waals surface area contributed by atoms with E-state index in [1.165, 1.54) is 25.7 Å². The van der Waals surface area contributed by atoms with Gasteiger partial charge in [-0.15, -0.1) is 10.2 Å². The van der Waals surface area contributed by atoms with Gasteiger partial charge >= 0.3 is 0 Å². The first-order valence-corrected chi connectivity index (χ1v) is 8.83. The molecule has 1 aromatic rings. The molecule has 1 atom stereocenters. The molecule has 5 heteroatoms. The van der Waals surface area contributed by atoms with Crippen LogP contribution in [0.2, 0.25) is 0 Å². The molecule has 1 aromatic heterocycles. The Morgan fingerprint density at radius 2 is 2.21 bits per heavy atom. The molecule has 1 spiro atoms. The van der Waals surface area contributed by atoms with Crippen molar-refractivity contribution in [2.24, 2.45) is 17.3 Å². The predicted octanol–water partition coefficient (Wildman–Crippen LogP) is 3.28. The molecule has 0 bridgehead atoms. The topological polar surface area (TPSA) is 72.3 Å². The third-order valence-corrected chi connectivity index (χ3v) is 5.47. The lowest BCUT2D eigenvalue weighted by atomic mass is 9.72. The van der Waals surface area contributed by atoms with Gasteiger partial charge in [0.2, 0.25) is 5.88 Å². The van der Waals surface area contributed by atoms with Crippen LogP contribution in [-0.2, 0) is 0 Å². The van der Waals surface area contributed by atoms with Crippen LogP contribution in [0.3, 0.4) is 0 Å². The summed E-state index contributed by atoms with van der Waals surface area (Å²) in [5.74, 6) is 0.965. The van der Waals surface area contributed by atoms with Crippen molar-refractivity contribution >= 4 is 11.9 Å². The average Bonchev–Trinajstić information content (AvgIpc) is 3.37. The highest BCUT2D eigenvalue weighted by Crippen LogP contribution is 2.63. The molecule has 2 fully saturated rings. The molecule has 130 valence electrons. The van der Waals surface area contributed by atoms with Gasteiger partial charge < -0.3 is 9.84 Å². The standard InChI is InChI=1S/C19H26N2O3/c1-3-13(12-22)8-17(23)16-9-15(18(24-2)21-20-16)5-4-14-10-19(11-14)6-7-19/h4-5,9,13-14,22H,3,6-8,10-12H2,1-2H3/b5-4+. The summed E-state index contributed by atoms with van der Waals surface area (Å²) in [6.45, 7) is 1.98. The highest BCUT2D eigenvalue weighted by Gasteiger charge is 2.51. The van der Waals surface area contributed by atoms with E-state index in [1.54, 1.807) is 13.2 Å². The summed E-state index contributed by atoms with van der Waals surface area (Å²) >= 11 is 0. The summed E-state index contributed by atoms with van der Waals surface area (Å²) in [6, 6.07) is 1.75. The highest BCUT2D eigenvalue weighted by molar-refractivity contribution is 5.94. The molecule has 0 amide bonds. The van der Waals surface area contributed by atoms with E-state index in [1.807, 2.05) is 13.0 Å². The molecule has 1 unspecified atom stereocenters. The first-order valence-electron chi connectivity index (χ1n) is 8.83. The first-order chi connectivity index (χ1) is 11.6. The number of methoxy groups -OCH3 is 1. The van der Waals surface area contributed by atoms with E-state index < -0.39 is 0 Å². The monoisotopic (exact) mass is 330 g/mol. The van der Waals surface area contributed by atoms with Crippen molar-refractivity contribution in [2.75, 3.05) is 13.7 Å². The van der Waals surface area contributed by atoms with E-state index in [-0.39, 0.29) is 18.3 Å². The quantitative estimate of drug-likeness (QED) is 0.741. The molecule has 0 saturated heterocycles. The van der Waals surface area contributed by atoms with Crippen LogP contribution < -0.4 is 4.74 Å². The van der Waals surface area contributed by atoms with Crippen molar-refractivity contribution in [2.45, 2.75) is 45.4 Å². The molecular weight excluding hydrogens is 304 g/mol. The third-order valence-electron chi connectivity index (χ3n) is 5.47. The molecule has 24 heavy (non-hydrogen) atoms. The number of Topliss-reactive ketones (excluding diaryl/α,β-unsaturated/α-hetero) is 1. The number of rotatable bonds is 8.